The van der Waals surface area contributed by atoms with Crippen molar-refractivity contribution in [3.8, 4) is 0 Å². The van der Waals surface area contributed by atoms with Crippen LogP contribution in [0.4, 0.5) is 5.69 Å². The van der Waals surface area contributed by atoms with Crippen molar-refractivity contribution in [1.82, 2.24) is 5.32 Å². The number of hydrogen-bond acceptors (Lipinski definition) is 2. The fourth-order valence-corrected chi connectivity index (χ4v) is 3.48. The number of halogens is 1. The molecule has 1 saturated heterocycles. The molecule has 1 aromatic rings. The molecular weight excluding hydrogens is 280 g/mol. The van der Waals surface area contributed by atoms with Gasteiger partial charge in [0.1, 0.15) is 0 Å². The molecule has 21 heavy (non-hydrogen) atoms. The van der Waals surface area contributed by atoms with Crippen LogP contribution in [0.25, 0.3) is 0 Å². The Bertz CT molecular complexity index is 459. The van der Waals surface area contributed by atoms with Gasteiger partial charge in [0, 0.05) is 35.4 Å². The fourth-order valence-electron chi connectivity index (χ4n) is 3.24. The molecule has 0 aromatic heterocycles. The van der Waals surface area contributed by atoms with E-state index in [4.69, 9.17) is 11.6 Å². The van der Waals surface area contributed by atoms with Gasteiger partial charge in [-0.15, -0.1) is 0 Å². The molecule has 2 unspecified atom stereocenters. The van der Waals surface area contributed by atoms with Crippen LogP contribution in [-0.4, -0.2) is 19.1 Å². The quantitative estimate of drug-likeness (QED) is 0.847. The minimum atomic E-state index is 0.594. The molecule has 2 rings (SSSR count). The highest BCUT2D eigenvalue weighted by atomic mass is 35.5. The lowest BCUT2D eigenvalue weighted by molar-refractivity contribution is 0.377. The van der Waals surface area contributed by atoms with E-state index in [9.17, 15) is 0 Å². The molecule has 1 heterocycles. The number of rotatable bonds is 5. The highest BCUT2D eigenvalue weighted by Crippen LogP contribution is 2.33. The smallest absolute Gasteiger partial charge is 0.0471 e. The van der Waals surface area contributed by atoms with Crippen molar-refractivity contribution in [3.63, 3.8) is 0 Å². The van der Waals surface area contributed by atoms with Crippen LogP contribution in [0.3, 0.4) is 0 Å². The normalized spacial score (nSPS) is 22.9. The maximum Gasteiger partial charge on any atom is 0.0471 e. The molecule has 0 radical (unpaired) electrons. The van der Waals surface area contributed by atoms with E-state index in [1.807, 2.05) is 6.07 Å². The van der Waals surface area contributed by atoms with Crippen LogP contribution in [0.15, 0.2) is 18.2 Å². The first-order valence-electron chi connectivity index (χ1n) is 8.23. The largest absolute Gasteiger partial charge is 0.369 e. The van der Waals surface area contributed by atoms with E-state index in [-0.39, 0.29) is 0 Å². The Kier molecular flexibility index (Phi) is 5.95. The molecular formula is C18H29ClN2. The van der Waals surface area contributed by atoms with Gasteiger partial charge in [-0.3, -0.25) is 0 Å². The van der Waals surface area contributed by atoms with Crippen molar-refractivity contribution in [2.45, 2.75) is 53.1 Å². The molecule has 1 aliphatic heterocycles. The highest BCUT2D eigenvalue weighted by Gasteiger charge is 2.25. The van der Waals surface area contributed by atoms with Crippen molar-refractivity contribution in [2.75, 3.05) is 18.0 Å². The Morgan fingerprint density at radius 3 is 2.76 bits per heavy atom. The third-order valence-electron chi connectivity index (χ3n) is 4.40. The Morgan fingerprint density at radius 2 is 2.10 bits per heavy atom. The second-order valence-corrected chi connectivity index (χ2v) is 7.34. The van der Waals surface area contributed by atoms with Crippen molar-refractivity contribution >= 4 is 17.3 Å². The van der Waals surface area contributed by atoms with Gasteiger partial charge in [0.2, 0.25) is 0 Å². The Balaban J connectivity index is 2.16. The van der Waals surface area contributed by atoms with Crippen LogP contribution in [-0.2, 0) is 6.54 Å². The summed E-state index contributed by atoms with van der Waals surface area (Å²) in [5.41, 5.74) is 2.57. The second kappa shape index (κ2) is 7.51. The first-order valence-corrected chi connectivity index (χ1v) is 8.61. The topological polar surface area (TPSA) is 15.3 Å². The van der Waals surface area contributed by atoms with Gasteiger partial charge < -0.3 is 10.2 Å². The predicted octanol–water partition coefficient (Wildman–Crippen LogP) is 4.71. The molecule has 0 spiro atoms. The fraction of sp³-hybridized carbons (Fsp3) is 0.667. The Morgan fingerprint density at radius 1 is 1.33 bits per heavy atom. The van der Waals surface area contributed by atoms with Crippen LogP contribution in [0.2, 0.25) is 5.02 Å². The first-order chi connectivity index (χ1) is 9.99. The highest BCUT2D eigenvalue weighted by molar-refractivity contribution is 6.31. The Labute approximate surface area is 134 Å². The molecule has 0 amide bonds. The third-order valence-corrected chi connectivity index (χ3v) is 4.75. The van der Waals surface area contributed by atoms with Crippen molar-refractivity contribution in [1.29, 1.82) is 0 Å². The van der Waals surface area contributed by atoms with E-state index in [0.717, 1.165) is 30.6 Å². The minimum absolute atomic E-state index is 0.594. The Hall–Kier alpha value is -0.730. The van der Waals surface area contributed by atoms with Crippen molar-refractivity contribution in [2.24, 2.45) is 11.8 Å². The average molecular weight is 309 g/mol. The number of piperidine rings is 1. The second-order valence-electron chi connectivity index (χ2n) is 6.93. The maximum atomic E-state index is 6.47. The van der Waals surface area contributed by atoms with E-state index in [1.54, 1.807) is 0 Å². The van der Waals surface area contributed by atoms with Gasteiger partial charge in [0.15, 0.2) is 0 Å². The zero-order valence-corrected chi connectivity index (χ0v) is 14.6. The van der Waals surface area contributed by atoms with Crippen LogP contribution >= 0.6 is 11.6 Å². The predicted molar refractivity (Wildman–Crippen MR) is 93.2 cm³/mol. The summed E-state index contributed by atoms with van der Waals surface area (Å²) < 4.78 is 0. The van der Waals surface area contributed by atoms with Gasteiger partial charge in [-0.1, -0.05) is 38.4 Å². The van der Waals surface area contributed by atoms with Gasteiger partial charge in [0.05, 0.1) is 0 Å². The summed E-state index contributed by atoms with van der Waals surface area (Å²) in [5, 5.41) is 4.42. The monoisotopic (exact) mass is 308 g/mol. The lowest BCUT2D eigenvalue weighted by atomic mass is 9.92. The van der Waals surface area contributed by atoms with Gasteiger partial charge >= 0.3 is 0 Å². The van der Waals surface area contributed by atoms with Gasteiger partial charge in [-0.05, 0) is 50.3 Å². The lowest BCUT2D eigenvalue weighted by Gasteiger charge is -2.39. The molecule has 0 saturated carbocycles. The molecule has 0 aliphatic carbocycles. The molecule has 1 aliphatic rings. The number of anilines is 1. The summed E-state index contributed by atoms with van der Waals surface area (Å²) in [7, 11) is 0. The molecule has 118 valence electrons. The molecule has 2 nitrogen and oxygen atoms in total. The number of nitrogens with zero attached hydrogens (tertiary/aromatic N) is 1. The lowest BCUT2D eigenvalue weighted by Crippen LogP contribution is -2.41. The van der Waals surface area contributed by atoms with Crippen LogP contribution < -0.4 is 10.2 Å². The summed E-state index contributed by atoms with van der Waals surface area (Å²) in [5.74, 6) is 1.49. The molecule has 1 aromatic carbocycles. The van der Waals surface area contributed by atoms with E-state index >= 15 is 0 Å². The van der Waals surface area contributed by atoms with Crippen LogP contribution in [0, 0.1) is 11.8 Å². The van der Waals surface area contributed by atoms with E-state index < -0.39 is 0 Å². The first kappa shape index (κ1) is 16.6. The number of hydrogen-bond donors (Lipinski definition) is 1. The summed E-state index contributed by atoms with van der Waals surface area (Å²) in [6, 6.07) is 6.91. The average Bonchev–Trinajstić information content (AvgIpc) is 2.40. The summed E-state index contributed by atoms with van der Waals surface area (Å²) in [4.78, 5) is 2.54. The minimum Gasteiger partial charge on any atom is -0.369 e. The number of benzene rings is 1. The molecule has 0 bridgehead atoms. The standard InChI is InChI=1S/C18H29ClN2/c1-13(2)11-20-12-16-17(19)6-5-7-18(16)21-9-8-14(3)10-15(21)4/h5-7,13-15,20H,8-12H2,1-4H3. The van der Waals surface area contributed by atoms with Crippen LogP contribution in [0.1, 0.15) is 46.1 Å². The van der Waals surface area contributed by atoms with Gasteiger partial charge in [0.25, 0.3) is 0 Å². The van der Waals surface area contributed by atoms with Gasteiger partial charge in [-0.25, -0.2) is 0 Å². The number of nitrogens with one attached hydrogen (secondary N) is 1. The molecule has 3 heteroatoms. The van der Waals surface area contributed by atoms with Crippen LogP contribution in [0.5, 0.6) is 0 Å². The molecule has 2 atom stereocenters. The zero-order chi connectivity index (χ0) is 15.4. The maximum absolute atomic E-state index is 6.47. The zero-order valence-electron chi connectivity index (χ0n) is 13.8. The van der Waals surface area contributed by atoms with Crippen molar-refractivity contribution in [3.05, 3.63) is 28.8 Å². The summed E-state index contributed by atoms with van der Waals surface area (Å²) >= 11 is 6.47. The third kappa shape index (κ3) is 4.37. The van der Waals surface area contributed by atoms with E-state index in [2.05, 4.69) is 50.0 Å². The summed E-state index contributed by atoms with van der Waals surface area (Å²) in [6.45, 7) is 12.2. The molecule has 1 fully saturated rings. The van der Waals surface area contributed by atoms with E-state index in [1.165, 1.54) is 24.1 Å². The molecule has 1 N–H and O–H groups in total. The SMILES string of the molecule is CC(C)CNCc1c(Cl)cccc1N1CCC(C)CC1C. The van der Waals surface area contributed by atoms with Crippen molar-refractivity contribution < 1.29 is 0 Å². The van der Waals surface area contributed by atoms with Gasteiger partial charge in [-0.2, -0.15) is 0 Å². The summed E-state index contributed by atoms with van der Waals surface area (Å²) in [6.07, 6.45) is 2.54. The van der Waals surface area contributed by atoms with E-state index in [0.29, 0.717) is 12.0 Å².